The van der Waals surface area contributed by atoms with Crippen LogP contribution in [0.3, 0.4) is 0 Å². The summed E-state index contributed by atoms with van der Waals surface area (Å²) in [5, 5.41) is 10.1. The zero-order chi connectivity index (χ0) is 14.0. The Kier molecular flexibility index (Phi) is 3.66. The number of aryl methyl sites for hydroxylation is 1. The monoisotopic (exact) mass is 270 g/mol. The number of hydrogen-bond donors (Lipinski definition) is 1. The molecule has 1 aromatic heterocycles. The molecule has 19 heavy (non-hydrogen) atoms. The van der Waals surface area contributed by atoms with Gasteiger partial charge in [0, 0.05) is 12.0 Å². The van der Waals surface area contributed by atoms with Gasteiger partial charge in [-0.25, -0.2) is 0 Å². The molecule has 0 amide bonds. The highest BCUT2D eigenvalue weighted by Gasteiger charge is 2.30. The van der Waals surface area contributed by atoms with E-state index in [1.807, 2.05) is 6.92 Å². The van der Waals surface area contributed by atoms with Gasteiger partial charge < -0.3 is 9.52 Å². The lowest BCUT2D eigenvalue weighted by Gasteiger charge is -2.12. The van der Waals surface area contributed by atoms with E-state index in [4.69, 9.17) is 4.42 Å². The number of halogens is 3. The summed E-state index contributed by atoms with van der Waals surface area (Å²) in [6, 6.07) is 6.11. The third-order valence-electron chi connectivity index (χ3n) is 2.95. The standard InChI is InChI=1S/C14H13F3O2/c1-2-12-11(7-8-19-12)13(18)9-3-5-10(6-4-9)14(15,16)17/h3-8,13,18H,2H2,1H3. The molecule has 1 atom stereocenters. The Bertz CT molecular complexity index is 541. The summed E-state index contributed by atoms with van der Waals surface area (Å²) in [5.74, 6) is 0.632. The summed E-state index contributed by atoms with van der Waals surface area (Å²) in [4.78, 5) is 0. The predicted molar refractivity (Wildman–Crippen MR) is 63.6 cm³/mol. The number of furan rings is 1. The lowest BCUT2D eigenvalue weighted by Crippen LogP contribution is -2.06. The highest BCUT2D eigenvalue weighted by molar-refractivity contribution is 5.33. The van der Waals surface area contributed by atoms with Crippen molar-refractivity contribution in [1.29, 1.82) is 0 Å². The van der Waals surface area contributed by atoms with Gasteiger partial charge in [-0.15, -0.1) is 0 Å². The van der Waals surface area contributed by atoms with Gasteiger partial charge in [-0.1, -0.05) is 19.1 Å². The van der Waals surface area contributed by atoms with Crippen LogP contribution >= 0.6 is 0 Å². The van der Waals surface area contributed by atoms with E-state index in [1.165, 1.54) is 18.4 Å². The molecule has 0 saturated carbocycles. The number of hydrogen-bond acceptors (Lipinski definition) is 2. The van der Waals surface area contributed by atoms with Crippen LogP contribution in [0, 0.1) is 0 Å². The van der Waals surface area contributed by atoms with Gasteiger partial charge in [0.15, 0.2) is 0 Å². The smallest absolute Gasteiger partial charge is 0.416 e. The van der Waals surface area contributed by atoms with E-state index in [0.717, 1.165) is 12.1 Å². The van der Waals surface area contributed by atoms with Crippen molar-refractivity contribution in [1.82, 2.24) is 0 Å². The molecule has 1 heterocycles. The molecule has 2 nitrogen and oxygen atoms in total. The average Bonchev–Trinajstić information content (AvgIpc) is 2.85. The molecule has 0 aliphatic rings. The molecule has 0 bridgehead atoms. The molecule has 0 aliphatic carbocycles. The van der Waals surface area contributed by atoms with Crippen molar-refractivity contribution < 1.29 is 22.7 Å². The highest BCUT2D eigenvalue weighted by Crippen LogP contribution is 2.31. The Morgan fingerprint density at radius 1 is 1.16 bits per heavy atom. The van der Waals surface area contributed by atoms with E-state index >= 15 is 0 Å². The van der Waals surface area contributed by atoms with Gasteiger partial charge in [0.1, 0.15) is 11.9 Å². The average molecular weight is 270 g/mol. The third kappa shape index (κ3) is 2.81. The Morgan fingerprint density at radius 3 is 2.32 bits per heavy atom. The minimum absolute atomic E-state index is 0.407. The summed E-state index contributed by atoms with van der Waals surface area (Å²) in [6.45, 7) is 1.88. The number of rotatable bonds is 3. The van der Waals surface area contributed by atoms with Crippen LogP contribution in [0.2, 0.25) is 0 Å². The zero-order valence-electron chi connectivity index (χ0n) is 10.2. The molecule has 1 unspecified atom stereocenters. The summed E-state index contributed by atoms with van der Waals surface area (Å²) in [6.07, 6.45) is -3.27. The highest BCUT2D eigenvalue weighted by atomic mass is 19.4. The molecule has 2 rings (SSSR count). The summed E-state index contributed by atoms with van der Waals surface area (Å²) >= 11 is 0. The molecule has 2 aromatic rings. The quantitative estimate of drug-likeness (QED) is 0.916. The van der Waals surface area contributed by atoms with Crippen molar-refractivity contribution >= 4 is 0 Å². The second-order valence-electron chi connectivity index (χ2n) is 4.17. The summed E-state index contributed by atoms with van der Waals surface area (Å²) < 4.78 is 42.5. The molecule has 0 saturated heterocycles. The first-order chi connectivity index (χ1) is 8.93. The Labute approximate surface area is 108 Å². The van der Waals surface area contributed by atoms with E-state index in [1.54, 1.807) is 6.07 Å². The molecule has 0 fully saturated rings. The van der Waals surface area contributed by atoms with Gasteiger partial charge in [0.2, 0.25) is 0 Å². The molecule has 5 heteroatoms. The Balaban J connectivity index is 2.28. The minimum Gasteiger partial charge on any atom is -0.469 e. The van der Waals surface area contributed by atoms with E-state index in [0.29, 0.717) is 23.3 Å². The first-order valence-electron chi connectivity index (χ1n) is 5.85. The maximum Gasteiger partial charge on any atom is 0.416 e. The number of aliphatic hydroxyl groups is 1. The molecule has 1 aromatic carbocycles. The van der Waals surface area contributed by atoms with Crippen LogP contribution in [0.5, 0.6) is 0 Å². The van der Waals surface area contributed by atoms with E-state index in [9.17, 15) is 18.3 Å². The van der Waals surface area contributed by atoms with Gasteiger partial charge >= 0.3 is 6.18 Å². The van der Waals surface area contributed by atoms with Crippen molar-refractivity contribution in [3.8, 4) is 0 Å². The van der Waals surface area contributed by atoms with Crippen molar-refractivity contribution in [2.45, 2.75) is 25.6 Å². The van der Waals surface area contributed by atoms with Crippen molar-refractivity contribution in [2.24, 2.45) is 0 Å². The van der Waals surface area contributed by atoms with Crippen LogP contribution in [0.1, 0.15) is 35.5 Å². The molecular weight excluding hydrogens is 257 g/mol. The van der Waals surface area contributed by atoms with E-state index in [-0.39, 0.29) is 0 Å². The fourth-order valence-electron chi connectivity index (χ4n) is 1.92. The maximum atomic E-state index is 12.4. The van der Waals surface area contributed by atoms with Crippen LogP contribution in [0.4, 0.5) is 13.2 Å². The predicted octanol–water partition coefficient (Wildman–Crippen LogP) is 3.94. The van der Waals surface area contributed by atoms with Crippen LogP contribution < -0.4 is 0 Å². The van der Waals surface area contributed by atoms with Gasteiger partial charge in [0.25, 0.3) is 0 Å². The Hall–Kier alpha value is -1.75. The van der Waals surface area contributed by atoms with Crippen molar-refractivity contribution in [3.05, 3.63) is 59.0 Å². The topological polar surface area (TPSA) is 33.4 Å². The maximum absolute atomic E-state index is 12.4. The third-order valence-corrected chi connectivity index (χ3v) is 2.95. The number of aliphatic hydroxyl groups excluding tert-OH is 1. The van der Waals surface area contributed by atoms with E-state index in [2.05, 4.69) is 0 Å². The molecule has 0 spiro atoms. The summed E-state index contributed by atoms with van der Waals surface area (Å²) in [7, 11) is 0. The normalized spacial score (nSPS) is 13.5. The van der Waals surface area contributed by atoms with Gasteiger partial charge in [-0.2, -0.15) is 13.2 Å². The van der Waals surface area contributed by atoms with Crippen molar-refractivity contribution in [2.75, 3.05) is 0 Å². The van der Waals surface area contributed by atoms with Gasteiger partial charge in [-0.3, -0.25) is 0 Å². The lowest BCUT2D eigenvalue weighted by atomic mass is 10.00. The zero-order valence-corrected chi connectivity index (χ0v) is 10.2. The minimum atomic E-state index is -4.37. The first kappa shape index (κ1) is 13.7. The SMILES string of the molecule is CCc1occc1C(O)c1ccc(C(F)(F)F)cc1. The van der Waals surface area contributed by atoms with Gasteiger partial charge in [-0.05, 0) is 23.8 Å². The second kappa shape index (κ2) is 5.09. The van der Waals surface area contributed by atoms with E-state index < -0.39 is 17.8 Å². The molecule has 0 aliphatic heterocycles. The van der Waals surface area contributed by atoms with Crippen molar-refractivity contribution in [3.63, 3.8) is 0 Å². The molecule has 0 radical (unpaired) electrons. The number of alkyl halides is 3. The summed E-state index contributed by atoms with van der Waals surface area (Å²) in [5.41, 5.74) is 0.262. The largest absolute Gasteiger partial charge is 0.469 e. The molecular formula is C14H13F3O2. The second-order valence-corrected chi connectivity index (χ2v) is 4.17. The van der Waals surface area contributed by atoms with Gasteiger partial charge in [0.05, 0.1) is 11.8 Å². The van der Waals surface area contributed by atoms with Crippen LogP contribution in [-0.4, -0.2) is 5.11 Å². The number of benzene rings is 1. The fraction of sp³-hybridized carbons (Fsp3) is 0.286. The Morgan fingerprint density at radius 2 is 1.79 bits per heavy atom. The lowest BCUT2D eigenvalue weighted by molar-refractivity contribution is -0.137. The first-order valence-corrected chi connectivity index (χ1v) is 5.85. The fourth-order valence-corrected chi connectivity index (χ4v) is 1.92. The molecule has 102 valence electrons. The van der Waals surface area contributed by atoms with Crippen LogP contribution in [-0.2, 0) is 12.6 Å². The molecule has 1 N–H and O–H groups in total. The van der Waals surface area contributed by atoms with Crippen LogP contribution in [0.15, 0.2) is 41.0 Å². The van der Waals surface area contributed by atoms with Crippen LogP contribution in [0.25, 0.3) is 0 Å².